The van der Waals surface area contributed by atoms with Crippen molar-refractivity contribution in [3.63, 3.8) is 0 Å². The Balaban J connectivity index is 1.12. The topological polar surface area (TPSA) is 56.1 Å². The molecular weight excluding hydrogens is 470 g/mol. The summed E-state index contributed by atoms with van der Waals surface area (Å²) < 4.78 is 8.24. The zero-order valence-electron chi connectivity index (χ0n) is 21.8. The molecule has 1 aromatic heterocycles. The third kappa shape index (κ3) is 6.48. The van der Waals surface area contributed by atoms with E-state index < -0.39 is 0 Å². The number of nitrogens with zero attached hydrogens (tertiary/aromatic N) is 2. The summed E-state index contributed by atoms with van der Waals surface area (Å²) in [4.78, 5) is 17.4. The van der Waals surface area contributed by atoms with E-state index >= 15 is 0 Å². The number of carbonyl (C=O) groups is 1. The van der Waals surface area contributed by atoms with Crippen molar-refractivity contribution in [2.45, 2.75) is 32.7 Å². The number of ether oxygens (including phenoxy) is 1. The number of aryl methyl sites for hydroxylation is 2. The van der Waals surface area contributed by atoms with Crippen molar-refractivity contribution in [3.05, 3.63) is 120 Å². The fraction of sp³-hybridized carbons (Fsp3) is 0.212. The highest BCUT2D eigenvalue weighted by atomic mass is 16.5. The molecule has 0 aliphatic heterocycles. The van der Waals surface area contributed by atoms with Gasteiger partial charge in [0.1, 0.15) is 18.2 Å². The molecule has 0 aliphatic rings. The first-order chi connectivity index (χ1) is 18.7. The predicted octanol–water partition coefficient (Wildman–Crippen LogP) is 6.38. The molecule has 1 heterocycles. The largest absolute Gasteiger partial charge is 0.492 e. The fourth-order valence-corrected chi connectivity index (χ4v) is 4.69. The lowest BCUT2D eigenvalue weighted by atomic mass is 10.0. The fourth-order valence-electron chi connectivity index (χ4n) is 4.69. The second-order valence-electron chi connectivity index (χ2n) is 9.53. The molecule has 5 aromatic rings. The van der Waals surface area contributed by atoms with Crippen molar-refractivity contribution in [1.82, 2.24) is 14.9 Å². The number of imidazole rings is 1. The van der Waals surface area contributed by atoms with E-state index in [2.05, 4.69) is 53.2 Å². The Hall–Kier alpha value is -4.38. The maximum absolute atomic E-state index is 12.5. The van der Waals surface area contributed by atoms with Gasteiger partial charge in [-0.2, -0.15) is 0 Å². The molecule has 5 rings (SSSR count). The number of para-hydroxylation sites is 2. The Kier molecular flexibility index (Phi) is 8.14. The zero-order chi connectivity index (χ0) is 26.2. The minimum Gasteiger partial charge on any atom is -0.492 e. The first-order valence-electron chi connectivity index (χ1n) is 13.2. The highest BCUT2D eigenvalue weighted by Crippen LogP contribution is 2.20. The van der Waals surface area contributed by atoms with Crippen LogP contribution in [0.1, 0.15) is 23.4 Å². The summed E-state index contributed by atoms with van der Waals surface area (Å²) in [5.41, 5.74) is 6.62. The van der Waals surface area contributed by atoms with Gasteiger partial charge in [-0.15, -0.1) is 0 Å². The normalized spacial score (nSPS) is 11.0. The number of hydrogen-bond donors (Lipinski definition) is 1. The van der Waals surface area contributed by atoms with E-state index in [4.69, 9.17) is 9.72 Å². The van der Waals surface area contributed by atoms with Gasteiger partial charge in [-0.25, -0.2) is 4.98 Å². The molecule has 0 aliphatic carbocycles. The molecule has 0 saturated carbocycles. The molecule has 192 valence electrons. The molecule has 4 aromatic carbocycles. The molecule has 1 N–H and O–H groups in total. The van der Waals surface area contributed by atoms with Crippen LogP contribution in [-0.4, -0.2) is 28.6 Å². The zero-order valence-corrected chi connectivity index (χ0v) is 21.8. The van der Waals surface area contributed by atoms with Crippen LogP contribution in [0.2, 0.25) is 0 Å². The van der Waals surface area contributed by atoms with Crippen LogP contribution >= 0.6 is 0 Å². The lowest BCUT2D eigenvalue weighted by molar-refractivity contribution is -0.120. The number of carbonyl (C=O) groups excluding carboxylic acids is 1. The van der Waals surface area contributed by atoms with Gasteiger partial charge in [0, 0.05) is 13.0 Å². The van der Waals surface area contributed by atoms with Gasteiger partial charge in [-0.05, 0) is 59.9 Å². The van der Waals surface area contributed by atoms with Gasteiger partial charge in [-0.1, -0.05) is 78.9 Å². The second kappa shape index (κ2) is 12.2. The molecule has 0 saturated heterocycles. The minimum absolute atomic E-state index is 0.0394. The number of fused-ring (bicyclic) bond motifs is 1. The minimum atomic E-state index is 0.0394. The van der Waals surface area contributed by atoms with Gasteiger partial charge in [0.2, 0.25) is 5.91 Å². The Morgan fingerprint density at radius 3 is 2.45 bits per heavy atom. The van der Waals surface area contributed by atoms with Gasteiger partial charge >= 0.3 is 0 Å². The Labute approximate surface area is 224 Å². The first kappa shape index (κ1) is 25.3. The number of amides is 1. The van der Waals surface area contributed by atoms with Gasteiger partial charge in [-0.3, -0.25) is 4.79 Å². The maximum atomic E-state index is 12.5. The van der Waals surface area contributed by atoms with Crippen LogP contribution in [0.4, 0.5) is 0 Å². The van der Waals surface area contributed by atoms with Gasteiger partial charge in [0.25, 0.3) is 0 Å². The molecular formula is C33H33N3O2. The maximum Gasteiger partial charge on any atom is 0.224 e. The van der Waals surface area contributed by atoms with Crippen LogP contribution in [-0.2, 0) is 24.2 Å². The van der Waals surface area contributed by atoms with Gasteiger partial charge in [0.05, 0.1) is 24.0 Å². The molecule has 0 atom stereocenters. The second-order valence-corrected chi connectivity index (χ2v) is 9.53. The molecule has 5 heteroatoms. The third-order valence-corrected chi connectivity index (χ3v) is 6.63. The quantitative estimate of drug-likeness (QED) is 0.213. The van der Waals surface area contributed by atoms with Crippen LogP contribution < -0.4 is 10.1 Å². The van der Waals surface area contributed by atoms with Crippen molar-refractivity contribution in [3.8, 4) is 16.9 Å². The van der Waals surface area contributed by atoms with E-state index in [9.17, 15) is 4.79 Å². The van der Waals surface area contributed by atoms with Crippen molar-refractivity contribution in [2.75, 3.05) is 13.2 Å². The highest BCUT2D eigenvalue weighted by molar-refractivity contribution is 5.79. The molecule has 38 heavy (non-hydrogen) atoms. The molecule has 0 radical (unpaired) electrons. The standard InChI is InChI=1S/C33H33N3O2/c1-25-9-7-12-29(23-25)38-22-21-36-31-14-6-5-13-30(31)35-32(36)15-8-20-34-33(37)24-26-16-18-28(19-17-26)27-10-3-2-4-11-27/h2-7,9-14,16-19,23H,8,15,20-22,24H2,1H3,(H,34,37). The van der Waals surface area contributed by atoms with Crippen molar-refractivity contribution in [2.24, 2.45) is 0 Å². The number of aromatic nitrogens is 2. The Bertz CT molecular complexity index is 1490. The van der Waals surface area contributed by atoms with Crippen LogP contribution in [0, 0.1) is 6.92 Å². The summed E-state index contributed by atoms with van der Waals surface area (Å²) in [5, 5.41) is 3.07. The van der Waals surface area contributed by atoms with Crippen LogP contribution in [0.25, 0.3) is 22.2 Å². The molecule has 1 amide bonds. The van der Waals surface area contributed by atoms with Gasteiger partial charge < -0.3 is 14.6 Å². The summed E-state index contributed by atoms with van der Waals surface area (Å²) in [5.74, 6) is 1.94. The Morgan fingerprint density at radius 2 is 1.63 bits per heavy atom. The lowest BCUT2D eigenvalue weighted by Crippen LogP contribution is -2.26. The molecule has 0 spiro atoms. The number of benzene rings is 4. The van der Waals surface area contributed by atoms with Crippen LogP contribution in [0.15, 0.2) is 103 Å². The third-order valence-electron chi connectivity index (χ3n) is 6.63. The molecule has 0 unspecified atom stereocenters. The van der Waals surface area contributed by atoms with E-state index in [1.807, 2.05) is 66.7 Å². The van der Waals surface area contributed by atoms with Crippen molar-refractivity contribution in [1.29, 1.82) is 0 Å². The summed E-state index contributed by atoms with van der Waals surface area (Å²) in [6, 6.07) is 34.8. The number of rotatable bonds is 11. The summed E-state index contributed by atoms with van der Waals surface area (Å²) in [6.45, 7) is 3.96. The Morgan fingerprint density at radius 1 is 0.868 bits per heavy atom. The molecule has 0 fully saturated rings. The highest BCUT2D eigenvalue weighted by Gasteiger charge is 2.11. The van der Waals surface area contributed by atoms with Crippen molar-refractivity contribution >= 4 is 16.9 Å². The summed E-state index contributed by atoms with van der Waals surface area (Å²) in [6.07, 6.45) is 1.98. The van der Waals surface area contributed by atoms with E-state index in [-0.39, 0.29) is 5.91 Å². The smallest absolute Gasteiger partial charge is 0.224 e. The first-order valence-corrected chi connectivity index (χ1v) is 13.2. The van der Waals surface area contributed by atoms with Crippen LogP contribution in [0.3, 0.4) is 0 Å². The monoisotopic (exact) mass is 503 g/mol. The SMILES string of the molecule is Cc1cccc(OCCn2c(CCCNC(=O)Cc3ccc(-c4ccccc4)cc3)nc3ccccc32)c1. The average molecular weight is 504 g/mol. The van der Waals surface area contributed by atoms with Gasteiger partial charge in [0.15, 0.2) is 0 Å². The lowest BCUT2D eigenvalue weighted by Gasteiger charge is -2.12. The average Bonchev–Trinajstić information content (AvgIpc) is 3.29. The van der Waals surface area contributed by atoms with Crippen molar-refractivity contribution < 1.29 is 9.53 Å². The van der Waals surface area contributed by atoms with E-state index in [1.54, 1.807) is 0 Å². The molecule has 5 nitrogen and oxygen atoms in total. The van der Waals surface area contributed by atoms with Crippen LogP contribution in [0.5, 0.6) is 5.75 Å². The van der Waals surface area contributed by atoms with E-state index in [1.165, 1.54) is 11.1 Å². The number of nitrogens with one attached hydrogen (secondary N) is 1. The summed E-state index contributed by atoms with van der Waals surface area (Å²) in [7, 11) is 0. The predicted molar refractivity (Wildman–Crippen MR) is 153 cm³/mol. The van der Waals surface area contributed by atoms with E-state index in [0.717, 1.165) is 53.1 Å². The molecule has 0 bridgehead atoms. The number of hydrogen-bond acceptors (Lipinski definition) is 3. The van der Waals surface area contributed by atoms with E-state index in [0.29, 0.717) is 19.6 Å². The summed E-state index contributed by atoms with van der Waals surface area (Å²) >= 11 is 0.